The zero-order valence-corrected chi connectivity index (χ0v) is 21.3. The number of amides is 2. The molecule has 34 heavy (non-hydrogen) atoms. The second kappa shape index (κ2) is 11.0. The fraction of sp³-hybridized carbons (Fsp3) is 0.160. The monoisotopic (exact) mass is 556 g/mol. The Morgan fingerprint density at radius 2 is 1.53 bits per heavy atom. The molecular weight excluding hydrogens is 536 g/mol. The molecule has 0 atom stereocenters. The molecular formula is C25H22BrClN4O2S. The summed E-state index contributed by atoms with van der Waals surface area (Å²) in [6.45, 7) is 2.78. The standard InChI is InChI=1S/C25H22BrClN4O2S/c26-22-4-2-1-3-21(22)23(32)29-25(34)28-19-9-11-20(12-10-19)30-13-15-31(16-14-30)24(33)17-5-7-18(27)8-6-17/h1-12H,13-16H2,(H2,28,29,32,34). The lowest BCUT2D eigenvalue weighted by Gasteiger charge is -2.36. The summed E-state index contributed by atoms with van der Waals surface area (Å²) < 4.78 is 0.703. The van der Waals surface area contributed by atoms with Crippen molar-refractivity contribution in [2.75, 3.05) is 36.4 Å². The molecule has 1 fully saturated rings. The average Bonchev–Trinajstić information content (AvgIpc) is 2.85. The maximum absolute atomic E-state index is 12.7. The van der Waals surface area contributed by atoms with Gasteiger partial charge in [0.15, 0.2) is 5.11 Å². The van der Waals surface area contributed by atoms with Crippen LogP contribution in [0.25, 0.3) is 0 Å². The van der Waals surface area contributed by atoms with Gasteiger partial charge in [0.2, 0.25) is 0 Å². The zero-order chi connectivity index (χ0) is 24.1. The van der Waals surface area contributed by atoms with Crippen LogP contribution in [0.4, 0.5) is 11.4 Å². The molecule has 0 saturated carbocycles. The molecule has 9 heteroatoms. The van der Waals surface area contributed by atoms with Gasteiger partial charge in [-0.25, -0.2) is 0 Å². The van der Waals surface area contributed by atoms with Gasteiger partial charge < -0.3 is 15.1 Å². The van der Waals surface area contributed by atoms with Crippen molar-refractivity contribution in [3.63, 3.8) is 0 Å². The number of carbonyl (C=O) groups excluding carboxylic acids is 2. The van der Waals surface area contributed by atoms with Gasteiger partial charge in [0.1, 0.15) is 0 Å². The van der Waals surface area contributed by atoms with Crippen LogP contribution in [0.2, 0.25) is 5.02 Å². The maximum atomic E-state index is 12.7. The zero-order valence-electron chi connectivity index (χ0n) is 18.1. The van der Waals surface area contributed by atoms with E-state index in [0.29, 0.717) is 33.7 Å². The first kappa shape index (κ1) is 24.2. The number of nitrogens with one attached hydrogen (secondary N) is 2. The maximum Gasteiger partial charge on any atom is 0.258 e. The van der Waals surface area contributed by atoms with Crippen LogP contribution in [0, 0.1) is 0 Å². The number of carbonyl (C=O) groups is 2. The summed E-state index contributed by atoms with van der Waals surface area (Å²) in [7, 11) is 0. The van der Waals surface area contributed by atoms with Crippen LogP contribution in [-0.2, 0) is 0 Å². The van der Waals surface area contributed by atoms with Crippen molar-refractivity contribution in [2.24, 2.45) is 0 Å². The molecule has 1 aliphatic heterocycles. The van der Waals surface area contributed by atoms with E-state index in [1.807, 2.05) is 35.2 Å². The minimum atomic E-state index is -0.285. The third-order valence-corrected chi connectivity index (χ3v) is 6.64. The molecule has 2 N–H and O–H groups in total. The van der Waals surface area contributed by atoms with Gasteiger partial charge in [-0.3, -0.25) is 14.9 Å². The summed E-state index contributed by atoms with van der Waals surface area (Å²) in [5.41, 5.74) is 3.00. The van der Waals surface area contributed by atoms with Gasteiger partial charge in [-0.15, -0.1) is 0 Å². The van der Waals surface area contributed by atoms with Crippen molar-refractivity contribution in [1.29, 1.82) is 0 Å². The third kappa shape index (κ3) is 5.94. The SMILES string of the molecule is O=C(NC(=S)Nc1ccc(N2CCN(C(=O)c3ccc(Cl)cc3)CC2)cc1)c1ccccc1Br. The molecule has 0 radical (unpaired) electrons. The Kier molecular flexibility index (Phi) is 7.82. The first-order valence-electron chi connectivity index (χ1n) is 10.7. The Balaban J connectivity index is 1.29. The van der Waals surface area contributed by atoms with Crippen LogP contribution < -0.4 is 15.5 Å². The topological polar surface area (TPSA) is 64.7 Å². The van der Waals surface area contributed by atoms with E-state index in [1.54, 1.807) is 42.5 Å². The number of benzene rings is 3. The highest BCUT2D eigenvalue weighted by Gasteiger charge is 2.22. The van der Waals surface area contributed by atoms with E-state index in [1.165, 1.54) is 0 Å². The number of nitrogens with zero attached hydrogens (tertiary/aromatic N) is 2. The van der Waals surface area contributed by atoms with Crippen LogP contribution in [0.1, 0.15) is 20.7 Å². The van der Waals surface area contributed by atoms with Crippen molar-refractivity contribution in [2.45, 2.75) is 0 Å². The number of hydrogen-bond donors (Lipinski definition) is 2. The smallest absolute Gasteiger partial charge is 0.258 e. The largest absolute Gasteiger partial charge is 0.368 e. The van der Waals surface area contributed by atoms with E-state index in [-0.39, 0.29) is 16.9 Å². The Hall–Kier alpha value is -2.94. The lowest BCUT2D eigenvalue weighted by molar-refractivity contribution is 0.0746. The summed E-state index contributed by atoms with van der Waals surface area (Å²) in [6, 6.07) is 22.0. The fourth-order valence-corrected chi connectivity index (χ4v) is 4.48. The van der Waals surface area contributed by atoms with Crippen molar-refractivity contribution in [1.82, 2.24) is 10.2 Å². The van der Waals surface area contributed by atoms with Crippen molar-refractivity contribution < 1.29 is 9.59 Å². The van der Waals surface area contributed by atoms with Gasteiger partial charge in [-0.2, -0.15) is 0 Å². The first-order valence-corrected chi connectivity index (χ1v) is 12.3. The lowest BCUT2D eigenvalue weighted by atomic mass is 10.1. The molecule has 3 aromatic carbocycles. The van der Waals surface area contributed by atoms with Crippen LogP contribution in [0.5, 0.6) is 0 Å². The summed E-state index contributed by atoms with van der Waals surface area (Å²) in [6.07, 6.45) is 0. The highest BCUT2D eigenvalue weighted by Crippen LogP contribution is 2.21. The van der Waals surface area contributed by atoms with Crippen molar-refractivity contribution >= 4 is 68.1 Å². The molecule has 0 spiro atoms. The Labute approximate surface area is 217 Å². The molecule has 1 saturated heterocycles. The molecule has 6 nitrogen and oxygen atoms in total. The van der Waals surface area contributed by atoms with Gasteiger partial charge in [0.25, 0.3) is 11.8 Å². The lowest BCUT2D eigenvalue weighted by Crippen LogP contribution is -2.48. The van der Waals surface area contributed by atoms with Crippen LogP contribution >= 0.6 is 39.7 Å². The van der Waals surface area contributed by atoms with E-state index >= 15 is 0 Å². The number of piperazine rings is 1. The second-order valence-corrected chi connectivity index (χ2v) is 9.42. The van der Waals surface area contributed by atoms with Gasteiger partial charge in [0.05, 0.1) is 5.56 Å². The molecule has 3 aromatic rings. The summed E-state index contributed by atoms with van der Waals surface area (Å²) >= 11 is 14.6. The Bertz CT molecular complexity index is 1200. The normalized spacial score (nSPS) is 13.4. The Morgan fingerprint density at radius 3 is 2.18 bits per heavy atom. The highest BCUT2D eigenvalue weighted by molar-refractivity contribution is 9.10. The molecule has 0 aromatic heterocycles. The van der Waals surface area contributed by atoms with E-state index in [9.17, 15) is 9.59 Å². The summed E-state index contributed by atoms with van der Waals surface area (Å²) in [5, 5.41) is 6.57. The van der Waals surface area contributed by atoms with Crippen molar-refractivity contribution in [3.8, 4) is 0 Å². The van der Waals surface area contributed by atoms with E-state index in [4.69, 9.17) is 23.8 Å². The number of rotatable bonds is 4. The molecule has 2 amide bonds. The molecule has 0 unspecified atom stereocenters. The predicted octanol–water partition coefficient (Wildman–Crippen LogP) is 5.19. The predicted molar refractivity (Wildman–Crippen MR) is 144 cm³/mol. The molecule has 174 valence electrons. The molecule has 0 aliphatic carbocycles. The molecule has 4 rings (SSSR count). The first-order chi connectivity index (χ1) is 16.4. The molecule has 0 bridgehead atoms. The van der Waals surface area contributed by atoms with Gasteiger partial charge in [-0.05, 0) is 88.8 Å². The van der Waals surface area contributed by atoms with Crippen molar-refractivity contribution in [3.05, 3.63) is 93.4 Å². The third-order valence-electron chi connectivity index (χ3n) is 5.49. The van der Waals surface area contributed by atoms with E-state index in [0.717, 1.165) is 24.5 Å². The quantitative estimate of drug-likeness (QED) is 0.432. The minimum Gasteiger partial charge on any atom is -0.368 e. The van der Waals surface area contributed by atoms with Crippen LogP contribution in [-0.4, -0.2) is 48.0 Å². The number of anilines is 2. The Morgan fingerprint density at radius 1 is 0.882 bits per heavy atom. The number of thiocarbonyl (C=S) groups is 1. The van der Waals surface area contributed by atoms with Crippen LogP contribution in [0.15, 0.2) is 77.3 Å². The van der Waals surface area contributed by atoms with E-state index in [2.05, 4.69) is 31.5 Å². The summed E-state index contributed by atoms with van der Waals surface area (Å²) in [4.78, 5) is 29.2. The van der Waals surface area contributed by atoms with Crippen LogP contribution in [0.3, 0.4) is 0 Å². The van der Waals surface area contributed by atoms with Gasteiger partial charge in [-0.1, -0.05) is 23.7 Å². The summed E-state index contributed by atoms with van der Waals surface area (Å²) in [5.74, 6) is -0.262. The van der Waals surface area contributed by atoms with Gasteiger partial charge in [0, 0.05) is 52.6 Å². The highest BCUT2D eigenvalue weighted by atomic mass is 79.9. The van der Waals surface area contributed by atoms with E-state index < -0.39 is 0 Å². The molecule has 1 heterocycles. The minimum absolute atomic E-state index is 0.0222. The number of hydrogen-bond acceptors (Lipinski definition) is 4. The average molecular weight is 558 g/mol. The number of halogens is 2. The second-order valence-electron chi connectivity index (χ2n) is 7.72. The van der Waals surface area contributed by atoms with Gasteiger partial charge >= 0.3 is 0 Å². The fourth-order valence-electron chi connectivity index (χ4n) is 3.68. The molecule has 1 aliphatic rings.